The number of nitrogens with zero attached hydrogens (tertiary/aromatic N) is 1. The van der Waals surface area contributed by atoms with Crippen LogP contribution in [0.5, 0.6) is 0 Å². The van der Waals surface area contributed by atoms with Crippen LogP contribution < -0.4 is 5.32 Å². The maximum atomic E-state index is 5.75. The Bertz CT molecular complexity index is 170. The molecule has 3 atom stereocenters. The molecule has 0 radical (unpaired) electrons. The molecule has 0 saturated carbocycles. The van der Waals surface area contributed by atoms with Crippen molar-refractivity contribution >= 4 is 0 Å². The highest BCUT2D eigenvalue weighted by atomic mass is 16.6. The molecule has 14 heavy (non-hydrogen) atoms. The normalized spacial score (nSPS) is 44.1. The third-order valence-electron chi connectivity index (χ3n) is 3.55. The third kappa shape index (κ3) is 1.56. The van der Waals surface area contributed by atoms with E-state index in [0.29, 0.717) is 18.2 Å². The largest absolute Gasteiger partial charge is 0.373 e. The average Bonchev–Trinajstić information content (AvgIpc) is 2.26. The van der Waals surface area contributed by atoms with E-state index >= 15 is 0 Å². The minimum Gasteiger partial charge on any atom is -0.373 e. The molecule has 3 heterocycles. The molecule has 4 heteroatoms. The monoisotopic (exact) mass is 198 g/mol. The molecule has 3 unspecified atom stereocenters. The summed E-state index contributed by atoms with van der Waals surface area (Å²) in [6.07, 6.45) is 1.82. The van der Waals surface area contributed by atoms with Gasteiger partial charge in [-0.1, -0.05) is 0 Å². The van der Waals surface area contributed by atoms with E-state index in [-0.39, 0.29) is 0 Å². The first-order valence-corrected chi connectivity index (χ1v) is 5.61. The summed E-state index contributed by atoms with van der Waals surface area (Å²) in [5.41, 5.74) is 0. The van der Waals surface area contributed by atoms with Gasteiger partial charge in [-0.15, -0.1) is 0 Å². The molecule has 3 saturated heterocycles. The summed E-state index contributed by atoms with van der Waals surface area (Å²) < 4.78 is 11.5. The van der Waals surface area contributed by atoms with Gasteiger partial charge in [0.15, 0.2) is 0 Å². The minimum absolute atomic E-state index is 0.332. The van der Waals surface area contributed by atoms with Crippen molar-refractivity contribution in [2.75, 3.05) is 39.4 Å². The number of ether oxygens (including phenoxy) is 2. The zero-order valence-electron chi connectivity index (χ0n) is 8.45. The second-order valence-electron chi connectivity index (χ2n) is 4.41. The van der Waals surface area contributed by atoms with Crippen LogP contribution in [0.4, 0.5) is 0 Å². The van der Waals surface area contributed by atoms with Gasteiger partial charge < -0.3 is 14.8 Å². The van der Waals surface area contributed by atoms with E-state index in [1.165, 1.54) is 0 Å². The molecule has 0 amide bonds. The fourth-order valence-electron chi connectivity index (χ4n) is 2.78. The molecule has 3 aliphatic rings. The second-order valence-corrected chi connectivity index (χ2v) is 4.41. The Balaban J connectivity index is 1.68. The minimum atomic E-state index is 0.332. The smallest absolute Gasteiger partial charge is 0.0965 e. The van der Waals surface area contributed by atoms with Crippen molar-refractivity contribution in [1.82, 2.24) is 10.2 Å². The molecule has 0 bridgehead atoms. The van der Waals surface area contributed by atoms with Crippen LogP contribution in [0.2, 0.25) is 0 Å². The van der Waals surface area contributed by atoms with E-state index in [4.69, 9.17) is 9.47 Å². The molecule has 3 rings (SSSR count). The Morgan fingerprint density at radius 1 is 1.14 bits per heavy atom. The molecule has 1 N–H and O–H groups in total. The summed E-state index contributed by atoms with van der Waals surface area (Å²) in [7, 11) is 0. The van der Waals surface area contributed by atoms with Crippen molar-refractivity contribution in [3.8, 4) is 0 Å². The van der Waals surface area contributed by atoms with Gasteiger partial charge in [0.2, 0.25) is 0 Å². The average molecular weight is 198 g/mol. The molecule has 3 fully saturated rings. The summed E-state index contributed by atoms with van der Waals surface area (Å²) in [6, 6.07) is 0.673. The standard InChI is InChI=1S/C10H18N2O2/c1-2-12-7-10-9(13-3-4-14-10)5-8(12)6-11-1/h8-11H,1-7H2. The molecule has 0 aliphatic carbocycles. The number of piperazine rings is 1. The number of piperidine rings is 1. The van der Waals surface area contributed by atoms with Crippen LogP contribution in [0.25, 0.3) is 0 Å². The maximum absolute atomic E-state index is 5.75. The lowest BCUT2D eigenvalue weighted by molar-refractivity contribution is -0.176. The third-order valence-corrected chi connectivity index (χ3v) is 3.55. The van der Waals surface area contributed by atoms with E-state index in [0.717, 1.165) is 45.8 Å². The van der Waals surface area contributed by atoms with Gasteiger partial charge in [-0.25, -0.2) is 0 Å². The molecule has 3 aliphatic heterocycles. The summed E-state index contributed by atoms with van der Waals surface area (Å²) in [4.78, 5) is 2.55. The van der Waals surface area contributed by atoms with Gasteiger partial charge in [0.05, 0.1) is 25.4 Å². The zero-order chi connectivity index (χ0) is 9.38. The summed E-state index contributed by atoms with van der Waals surface area (Å²) in [5.74, 6) is 0. The van der Waals surface area contributed by atoms with Crippen LogP contribution in [0.1, 0.15) is 6.42 Å². The van der Waals surface area contributed by atoms with Gasteiger partial charge >= 0.3 is 0 Å². The topological polar surface area (TPSA) is 33.7 Å². The first kappa shape index (κ1) is 9.09. The van der Waals surface area contributed by atoms with Crippen LogP contribution in [0, 0.1) is 0 Å². The fraction of sp³-hybridized carbons (Fsp3) is 1.00. The van der Waals surface area contributed by atoms with Gasteiger partial charge in [-0.05, 0) is 6.42 Å². The van der Waals surface area contributed by atoms with Crippen molar-refractivity contribution in [1.29, 1.82) is 0 Å². The van der Waals surface area contributed by atoms with Crippen LogP contribution >= 0.6 is 0 Å². The van der Waals surface area contributed by atoms with Gasteiger partial charge in [0.25, 0.3) is 0 Å². The number of fused-ring (bicyclic) bond motifs is 2. The summed E-state index contributed by atoms with van der Waals surface area (Å²) in [6.45, 7) is 6.02. The quantitative estimate of drug-likeness (QED) is 0.566. The van der Waals surface area contributed by atoms with E-state index in [1.807, 2.05) is 0 Å². The highest BCUT2D eigenvalue weighted by Gasteiger charge is 2.39. The Kier molecular flexibility index (Phi) is 2.45. The Morgan fingerprint density at radius 2 is 2.00 bits per heavy atom. The molecule has 0 aromatic carbocycles. The Hall–Kier alpha value is -0.160. The lowest BCUT2D eigenvalue weighted by Gasteiger charge is -2.47. The zero-order valence-corrected chi connectivity index (χ0v) is 8.45. The molecule has 0 aromatic rings. The van der Waals surface area contributed by atoms with Gasteiger partial charge in [0, 0.05) is 32.2 Å². The molecular weight excluding hydrogens is 180 g/mol. The molecule has 0 aromatic heterocycles. The van der Waals surface area contributed by atoms with Crippen molar-refractivity contribution in [3.05, 3.63) is 0 Å². The SMILES string of the molecule is C1CN2CC3OCCOC3CC2CN1. The first-order chi connectivity index (χ1) is 6.93. The van der Waals surface area contributed by atoms with Gasteiger partial charge in [-0.2, -0.15) is 0 Å². The van der Waals surface area contributed by atoms with Crippen molar-refractivity contribution in [3.63, 3.8) is 0 Å². The van der Waals surface area contributed by atoms with Crippen LogP contribution in [-0.2, 0) is 9.47 Å². The fourth-order valence-corrected chi connectivity index (χ4v) is 2.78. The lowest BCUT2D eigenvalue weighted by Crippen LogP contribution is -2.62. The number of hydrogen-bond donors (Lipinski definition) is 1. The van der Waals surface area contributed by atoms with Crippen LogP contribution in [0.3, 0.4) is 0 Å². The molecule has 0 spiro atoms. The molecular formula is C10H18N2O2. The van der Waals surface area contributed by atoms with Crippen molar-refractivity contribution < 1.29 is 9.47 Å². The van der Waals surface area contributed by atoms with Crippen LogP contribution in [0.15, 0.2) is 0 Å². The summed E-state index contributed by atoms with van der Waals surface area (Å²) >= 11 is 0. The predicted molar refractivity (Wildman–Crippen MR) is 52.3 cm³/mol. The van der Waals surface area contributed by atoms with E-state index in [2.05, 4.69) is 10.2 Å². The van der Waals surface area contributed by atoms with Crippen molar-refractivity contribution in [2.45, 2.75) is 24.7 Å². The lowest BCUT2D eigenvalue weighted by atomic mass is 9.95. The molecule has 4 nitrogen and oxygen atoms in total. The predicted octanol–water partition coefficient (Wildman–Crippen LogP) is -0.552. The Morgan fingerprint density at radius 3 is 2.93 bits per heavy atom. The van der Waals surface area contributed by atoms with Gasteiger partial charge in [-0.3, -0.25) is 4.90 Å². The number of nitrogens with one attached hydrogen (secondary N) is 1. The van der Waals surface area contributed by atoms with Crippen LogP contribution in [-0.4, -0.2) is 62.5 Å². The highest BCUT2D eigenvalue weighted by molar-refractivity contribution is 4.93. The van der Waals surface area contributed by atoms with E-state index < -0.39 is 0 Å². The number of hydrogen-bond acceptors (Lipinski definition) is 4. The summed E-state index contributed by atoms with van der Waals surface area (Å²) in [5, 5.41) is 3.44. The molecule has 80 valence electrons. The Labute approximate surface area is 84.5 Å². The number of rotatable bonds is 0. The highest BCUT2D eigenvalue weighted by Crippen LogP contribution is 2.25. The van der Waals surface area contributed by atoms with Gasteiger partial charge in [0.1, 0.15) is 0 Å². The second kappa shape index (κ2) is 3.77. The maximum Gasteiger partial charge on any atom is 0.0965 e. The van der Waals surface area contributed by atoms with Crippen molar-refractivity contribution in [2.24, 2.45) is 0 Å². The first-order valence-electron chi connectivity index (χ1n) is 5.61. The van der Waals surface area contributed by atoms with E-state index in [1.54, 1.807) is 0 Å². The van der Waals surface area contributed by atoms with E-state index in [9.17, 15) is 0 Å².